The highest BCUT2D eigenvalue weighted by molar-refractivity contribution is 6.31. The van der Waals surface area contributed by atoms with Crippen molar-refractivity contribution in [2.24, 2.45) is 7.05 Å². The molecular formula is C24H21ClF5N3O4. The zero-order valence-electron chi connectivity index (χ0n) is 19.4. The number of halogens is 6. The molecule has 1 aromatic heterocycles. The van der Waals surface area contributed by atoms with Crippen LogP contribution in [0.25, 0.3) is 0 Å². The number of anilines is 1. The van der Waals surface area contributed by atoms with E-state index < -0.39 is 45.6 Å². The molecule has 0 radical (unpaired) electrons. The van der Waals surface area contributed by atoms with E-state index in [1.807, 2.05) is 4.90 Å². The van der Waals surface area contributed by atoms with E-state index in [-0.39, 0.29) is 24.5 Å². The van der Waals surface area contributed by atoms with Crippen LogP contribution in [0.3, 0.4) is 0 Å². The molecule has 7 nitrogen and oxygen atoms in total. The van der Waals surface area contributed by atoms with Gasteiger partial charge in [0.2, 0.25) is 5.88 Å². The summed E-state index contributed by atoms with van der Waals surface area (Å²) in [5.74, 6) is -2.84. The minimum atomic E-state index is -4.77. The van der Waals surface area contributed by atoms with Crippen molar-refractivity contribution in [3.63, 3.8) is 0 Å². The Balaban J connectivity index is 1.44. The first-order valence-electron chi connectivity index (χ1n) is 11.1. The fourth-order valence-corrected chi connectivity index (χ4v) is 3.93. The summed E-state index contributed by atoms with van der Waals surface area (Å²) in [6.07, 6.45) is -4.71. The first-order chi connectivity index (χ1) is 17.5. The third-order valence-electron chi connectivity index (χ3n) is 5.59. The van der Waals surface area contributed by atoms with Crippen LogP contribution in [0.4, 0.5) is 27.8 Å². The van der Waals surface area contributed by atoms with E-state index in [1.54, 1.807) is 13.1 Å². The van der Waals surface area contributed by atoms with E-state index in [1.165, 1.54) is 4.57 Å². The fraction of sp³-hybridized carbons (Fsp3) is 0.333. The summed E-state index contributed by atoms with van der Waals surface area (Å²) in [5.41, 5.74) is -1.51. The number of ether oxygens (including phenoxy) is 3. The fourth-order valence-electron chi connectivity index (χ4n) is 3.71. The lowest BCUT2D eigenvalue weighted by Gasteiger charge is -2.29. The minimum Gasteiger partial charge on any atom is -0.477 e. The maximum Gasteiger partial charge on any atom is 0.417 e. The largest absolute Gasteiger partial charge is 0.477 e. The summed E-state index contributed by atoms with van der Waals surface area (Å²) in [6.45, 7) is 2.18. The van der Waals surface area contributed by atoms with E-state index in [4.69, 9.17) is 25.8 Å². The zero-order valence-corrected chi connectivity index (χ0v) is 20.2. The Hall–Kier alpha value is -3.38. The molecule has 0 bridgehead atoms. The molecule has 0 N–H and O–H groups in total. The minimum absolute atomic E-state index is 0.0477. The van der Waals surface area contributed by atoms with Gasteiger partial charge in [-0.2, -0.15) is 18.2 Å². The third-order valence-corrected chi connectivity index (χ3v) is 5.92. The Morgan fingerprint density at radius 2 is 1.76 bits per heavy atom. The number of hydrogen-bond acceptors (Lipinski definition) is 6. The average molecular weight is 546 g/mol. The molecule has 37 heavy (non-hydrogen) atoms. The van der Waals surface area contributed by atoms with Gasteiger partial charge in [-0.1, -0.05) is 11.6 Å². The number of alkyl halides is 3. The molecule has 0 unspecified atom stereocenters. The van der Waals surface area contributed by atoms with Crippen LogP contribution in [0, 0.1) is 11.6 Å². The number of nitrogens with zero attached hydrogens (tertiary/aromatic N) is 3. The van der Waals surface area contributed by atoms with Crippen molar-refractivity contribution in [3.8, 4) is 17.4 Å². The summed E-state index contributed by atoms with van der Waals surface area (Å²) in [5, 5.41) is -0.570. The normalized spacial score (nSPS) is 14.1. The van der Waals surface area contributed by atoms with Gasteiger partial charge in [0.15, 0.2) is 17.4 Å². The van der Waals surface area contributed by atoms with Crippen LogP contribution in [0.2, 0.25) is 5.02 Å². The lowest BCUT2D eigenvalue weighted by Crippen LogP contribution is -2.39. The first kappa shape index (κ1) is 26.7. The Morgan fingerprint density at radius 1 is 1.08 bits per heavy atom. The van der Waals surface area contributed by atoms with E-state index >= 15 is 0 Å². The Morgan fingerprint density at radius 3 is 2.41 bits per heavy atom. The van der Waals surface area contributed by atoms with Gasteiger partial charge >= 0.3 is 11.9 Å². The number of benzene rings is 2. The summed E-state index contributed by atoms with van der Waals surface area (Å²) in [4.78, 5) is 18.1. The number of aromatic nitrogens is 2. The summed E-state index contributed by atoms with van der Waals surface area (Å²) in [6, 6.07) is 6.13. The third kappa shape index (κ3) is 6.31. The van der Waals surface area contributed by atoms with E-state index in [9.17, 15) is 26.7 Å². The van der Waals surface area contributed by atoms with E-state index in [0.717, 1.165) is 24.3 Å². The van der Waals surface area contributed by atoms with E-state index in [0.29, 0.717) is 38.2 Å². The second-order valence-corrected chi connectivity index (χ2v) is 8.53. The molecule has 198 valence electrons. The number of hydrogen-bond donors (Lipinski definition) is 0. The molecule has 0 amide bonds. The molecule has 0 atom stereocenters. The van der Waals surface area contributed by atoms with Crippen LogP contribution in [0.15, 0.2) is 41.2 Å². The van der Waals surface area contributed by atoms with Crippen molar-refractivity contribution in [3.05, 3.63) is 74.7 Å². The number of morpholine rings is 1. The summed E-state index contributed by atoms with van der Waals surface area (Å²) >= 11 is 5.56. The summed E-state index contributed by atoms with van der Waals surface area (Å²) in [7, 11) is 1.59. The van der Waals surface area contributed by atoms with Crippen molar-refractivity contribution in [2.75, 3.05) is 37.8 Å². The molecular weight excluding hydrogens is 525 g/mol. The van der Waals surface area contributed by atoms with Gasteiger partial charge in [0, 0.05) is 32.6 Å². The standard InChI is InChI=1S/C24H21ClF5N3O4/c1-32-21(33-5-8-35-9-6-33)13-20(31-23(32)34)36-7-4-14-10-18(26)22(19(27)11-14)37-15-2-3-17(25)16(12-15)24(28,29)30/h2-3,10-13H,4-9H2,1H3. The molecule has 4 rings (SSSR count). The first-order valence-corrected chi connectivity index (χ1v) is 11.5. The Kier molecular flexibility index (Phi) is 7.88. The second-order valence-electron chi connectivity index (χ2n) is 8.12. The van der Waals surface area contributed by atoms with Gasteiger partial charge < -0.3 is 19.1 Å². The van der Waals surface area contributed by atoms with Crippen molar-refractivity contribution in [2.45, 2.75) is 12.6 Å². The molecule has 1 saturated heterocycles. The highest BCUT2D eigenvalue weighted by Crippen LogP contribution is 2.38. The monoisotopic (exact) mass is 545 g/mol. The predicted octanol–water partition coefficient (Wildman–Crippen LogP) is 4.98. The van der Waals surface area contributed by atoms with Crippen LogP contribution >= 0.6 is 11.6 Å². The summed E-state index contributed by atoms with van der Waals surface area (Å²) < 4.78 is 85.7. The Bertz CT molecular complexity index is 1320. The van der Waals surface area contributed by atoms with Crippen molar-refractivity contribution >= 4 is 17.4 Å². The van der Waals surface area contributed by atoms with E-state index in [2.05, 4.69) is 4.98 Å². The molecule has 3 aromatic rings. The molecule has 2 aromatic carbocycles. The molecule has 1 aliphatic heterocycles. The van der Waals surface area contributed by atoms with Gasteiger partial charge in [0.1, 0.15) is 11.6 Å². The maximum atomic E-state index is 14.6. The Labute approximate surface area is 213 Å². The molecule has 1 aliphatic rings. The highest BCUT2D eigenvalue weighted by Gasteiger charge is 2.33. The topological polar surface area (TPSA) is 65.8 Å². The van der Waals surface area contributed by atoms with Crippen molar-refractivity contribution < 1.29 is 36.2 Å². The predicted molar refractivity (Wildman–Crippen MR) is 125 cm³/mol. The van der Waals surface area contributed by atoms with Gasteiger partial charge in [-0.15, -0.1) is 0 Å². The SMILES string of the molecule is Cn1c(N2CCOCC2)cc(OCCc2cc(F)c(Oc3ccc(Cl)c(C(F)(F)F)c3)c(F)c2)nc1=O. The van der Waals surface area contributed by atoms with Crippen LogP contribution < -0.4 is 20.1 Å². The van der Waals surface area contributed by atoms with Gasteiger partial charge in [-0.3, -0.25) is 4.57 Å². The highest BCUT2D eigenvalue weighted by atomic mass is 35.5. The molecule has 1 fully saturated rings. The van der Waals surface area contributed by atoms with Gasteiger partial charge in [0.25, 0.3) is 0 Å². The molecule has 0 saturated carbocycles. The van der Waals surface area contributed by atoms with Crippen LogP contribution in [0.1, 0.15) is 11.1 Å². The lowest BCUT2D eigenvalue weighted by atomic mass is 10.1. The van der Waals surface area contributed by atoms with Crippen molar-refractivity contribution in [1.82, 2.24) is 9.55 Å². The van der Waals surface area contributed by atoms with Crippen LogP contribution in [-0.2, 0) is 24.4 Å². The van der Waals surface area contributed by atoms with Crippen LogP contribution in [-0.4, -0.2) is 42.5 Å². The molecule has 0 spiro atoms. The zero-order chi connectivity index (χ0) is 26.7. The van der Waals surface area contributed by atoms with Gasteiger partial charge in [-0.05, 0) is 35.9 Å². The second kappa shape index (κ2) is 10.9. The van der Waals surface area contributed by atoms with Gasteiger partial charge in [0.05, 0.1) is 30.4 Å². The van der Waals surface area contributed by atoms with Gasteiger partial charge in [-0.25, -0.2) is 13.6 Å². The smallest absolute Gasteiger partial charge is 0.417 e. The van der Waals surface area contributed by atoms with Crippen molar-refractivity contribution in [1.29, 1.82) is 0 Å². The molecule has 2 heterocycles. The number of rotatable bonds is 7. The van der Waals surface area contributed by atoms with Crippen LogP contribution in [0.5, 0.6) is 17.4 Å². The lowest BCUT2D eigenvalue weighted by molar-refractivity contribution is -0.137. The quantitative estimate of drug-likeness (QED) is 0.390. The average Bonchev–Trinajstić information content (AvgIpc) is 2.84. The molecule has 0 aliphatic carbocycles. The maximum absolute atomic E-state index is 14.6. The molecule has 13 heteroatoms.